The molecule has 1 rings (SSSR count). The Morgan fingerprint density at radius 2 is 2.29 bits per heavy atom. The zero-order valence-electron chi connectivity index (χ0n) is 4.05. The zero-order chi connectivity index (χ0) is 4.41. The molecule has 1 heterocycles. The minimum Gasteiger partial charge on any atom is -0.228 e. The standard InChI is InChI=1S/C5H5S.Zn/c1-5-3-2-4-6-5;/h2-4H,1H2;/q-1;. The van der Waals surface area contributed by atoms with Crippen molar-refractivity contribution in [3.05, 3.63) is 29.3 Å². The SMILES string of the molecule is [CH2-]c1cccs1.[Zn]. The first-order valence-corrected chi connectivity index (χ1v) is 2.63. The zero-order valence-corrected chi connectivity index (χ0v) is 7.84. The Morgan fingerprint density at radius 3 is 2.43 bits per heavy atom. The predicted octanol–water partition coefficient (Wildman–Crippen LogP) is 1.93. The van der Waals surface area contributed by atoms with Crippen LogP contribution in [-0.2, 0) is 19.5 Å². The van der Waals surface area contributed by atoms with E-state index in [0.717, 1.165) is 4.88 Å². The van der Waals surface area contributed by atoms with Gasteiger partial charge in [0.25, 0.3) is 0 Å². The van der Waals surface area contributed by atoms with Crippen LogP contribution in [-0.4, -0.2) is 0 Å². The number of thiophene rings is 1. The van der Waals surface area contributed by atoms with Crippen molar-refractivity contribution < 1.29 is 19.5 Å². The van der Waals surface area contributed by atoms with Crippen LogP contribution >= 0.6 is 11.3 Å². The minimum atomic E-state index is 0. The molecule has 0 bridgehead atoms. The van der Waals surface area contributed by atoms with Crippen molar-refractivity contribution in [3.63, 3.8) is 0 Å². The van der Waals surface area contributed by atoms with Crippen molar-refractivity contribution in [1.29, 1.82) is 0 Å². The van der Waals surface area contributed by atoms with Crippen LogP contribution in [0.3, 0.4) is 0 Å². The van der Waals surface area contributed by atoms with E-state index in [-0.39, 0.29) is 19.5 Å². The first-order valence-electron chi connectivity index (χ1n) is 1.75. The van der Waals surface area contributed by atoms with Gasteiger partial charge in [-0.1, -0.05) is 0 Å². The molecule has 0 spiro atoms. The Hall–Kier alpha value is 0.193. The molecule has 0 amide bonds. The largest absolute Gasteiger partial charge is 0.228 e. The van der Waals surface area contributed by atoms with E-state index in [4.69, 9.17) is 0 Å². The maximum absolute atomic E-state index is 3.70. The smallest absolute Gasteiger partial charge is 0 e. The molecule has 0 nitrogen and oxygen atoms in total. The third-order valence-corrected chi connectivity index (χ3v) is 1.31. The summed E-state index contributed by atoms with van der Waals surface area (Å²) in [7, 11) is 0. The third kappa shape index (κ3) is 2.10. The van der Waals surface area contributed by atoms with E-state index in [1.165, 1.54) is 0 Å². The Kier molecular flexibility index (Phi) is 3.32. The van der Waals surface area contributed by atoms with Crippen LogP contribution in [0, 0.1) is 6.92 Å². The fraction of sp³-hybridized carbons (Fsp3) is 0. The molecule has 0 fully saturated rings. The van der Waals surface area contributed by atoms with E-state index >= 15 is 0 Å². The Morgan fingerprint density at radius 1 is 1.57 bits per heavy atom. The van der Waals surface area contributed by atoms with Crippen LogP contribution in [0.1, 0.15) is 4.88 Å². The van der Waals surface area contributed by atoms with E-state index < -0.39 is 0 Å². The van der Waals surface area contributed by atoms with Gasteiger partial charge < -0.3 is 0 Å². The Balaban J connectivity index is 0.000000360. The van der Waals surface area contributed by atoms with Gasteiger partial charge in [0, 0.05) is 19.5 Å². The van der Waals surface area contributed by atoms with Gasteiger partial charge in [0.05, 0.1) is 0 Å². The number of hydrogen-bond acceptors (Lipinski definition) is 1. The van der Waals surface area contributed by atoms with Crippen molar-refractivity contribution in [2.75, 3.05) is 0 Å². The predicted molar refractivity (Wildman–Crippen MR) is 28.8 cm³/mol. The summed E-state index contributed by atoms with van der Waals surface area (Å²) in [6.07, 6.45) is 0. The molecule has 1 aromatic rings. The molecule has 0 aromatic carbocycles. The van der Waals surface area contributed by atoms with Crippen LogP contribution in [0.15, 0.2) is 17.5 Å². The van der Waals surface area contributed by atoms with Crippen molar-refractivity contribution in [2.45, 2.75) is 0 Å². The maximum atomic E-state index is 3.70. The average molecular weight is 163 g/mol. The summed E-state index contributed by atoms with van der Waals surface area (Å²) in [5.41, 5.74) is 0. The van der Waals surface area contributed by atoms with Crippen LogP contribution in [0.25, 0.3) is 0 Å². The van der Waals surface area contributed by atoms with Crippen molar-refractivity contribution in [1.82, 2.24) is 0 Å². The first-order chi connectivity index (χ1) is 2.89. The van der Waals surface area contributed by atoms with Gasteiger partial charge in [0.2, 0.25) is 0 Å². The molecule has 0 saturated carbocycles. The summed E-state index contributed by atoms with van der Waals surface area (Å²) < 4.78 is 0. The Labute approximate surface area is 60.3 Å². The van der Waals surface area contributed by atoms with E-state index in [9.17, 15) is 0 Å². The van der Waals surface area contributed by atoms with Gasteiger partial charge in [-0.25, -0.2) is 6.92 Å². The molecule has 0 radical (unpaired) electrons. The third-order valence-electron chi connectivity index (χ3n) is 0.580. The van der Waals surface area contributed by atoms with Crippen molar-refractivity contribution >= 4 is 11.3 Å². The fourth-order valence-corrected chi connectivity index (χ4v) is 0.802. The molecule has 2 heteroatoms. The molecular weight excluding hydrogens is 158 g/mol. The summed E-state index contributed by atoms with van der Waals surface area (Å²) in [4.78, 5) is 1.13. The van der Waals surface area contributed by atoms with Gasteiger partial charge in [-0.2, -0.15) is 17.4 Å². The van der Waals surface area contributed by atoms with E-state index in [1.807, 2.05) is 17.5 Å². The summed E-state index contributed by atoms with van der Waals surface area (Å²) in [5, 5.41) is 2.02. The summed E-state index contributed by atoms with van der Waals surface area (Å²) in [6, 6.07) is 3.98. The topological polar surface area (TPSA) is 0 Å². The number of rotatable bonds is 0. The van der Waals surface area contributed by atoms with Crippen molar-refractivity contribution in [3.8, 4) is 0 Å². The molecule has 0 unspecified atom stereocenters. The maximum Gasteiger partial charge on any atom is 0 e. The van der Waals surface area contributed by atoms with Crippen LogP contribution < -0.4 is 0 Å². The van der Waals surface area contributed by atoms with Gasteiger partial charge in [0.1, 0.15) is 0 Å². The first kappa shape index (κ1) is 7.19. The summed E-state index contributed by atoms with van der Waals surface area (Å²) >= 11 is 1.67. The molecule has 0 aliphatic heterocycles. The molecule has 0 aliphatic carbocycles. The van der Waals surface area contributed by atoms with Crippen LogP contribution in [0.2, 0.25) is 0 Å². The quantitative estimate of drug-likeness (QED) is 0.404. The Bertz CT molecular complexity index is 112. The monoisotopic (exact) mass is 161 g/mol. The number of hydrogen-bond donors (Lipinski definition) is 0. The van der Waals surface area contributed by atoms with Gasteiger partial charge in [-0.05, 0) is 5.38 Å². The van der Waals surface area contributed by atoms with Crippen molar-refractivity contribution in [2.24, 2.45) is 0 Å². The minimum absolute atomic E-state index is 0. The normalized spacial score (nSPS) is 7.43. The molecule has 0 N–H and O–H groups in total. The van der Waals surface area contributed by atoms with Gasteiger partial charge >= 0.3 is 0 Å². The average Bonchev–Trinajstić information content (AvgIpc) is 1.86. The van der Waals surface area contributed by atoms with Crippen LogP contribution in [0.4, 0.5) is 0 Å². The van der Waals surface area contributed by atoms with E-state index in [0.29, 0.717) is 0 Å². The fourth-order valence-electron chi connectivity index (χ4n) is 0.313. The second-order valence-electron chi connectivity index (χ2n) is 1.08. The second-order valence-corrected chi connectivity index (χ2v) is 2.11. The molecular formula is C5H5SZn-. The molecule has 0 saturated heterocycles. The molecule has 0 atom stereocenters. The van der Waals surface area contributed by atoms with E-state index in [2.05, 4.69) is 6.92 Å². The van der Waals surface area contributed by atoms with Gasteiger partial charge in [-0.15, -0.1) is 10.9 Å². The summed E-state index contributed by atoms with van der Waals surface area (Å²) in [5.74, 6) is 0. The molecule has 0 aliphatic rings. The van der Waals surface area contributed by atoms with Gasteiger partial charge in [0.15, 0.2) is 0 Å². The molecule has 1 aromatic heterocycles. The van der Waals surface area contributed by atoms with Crippen LogP contribution in [0.5, 0.6) is 0 Å². The second kappa shape index (κ2) is 3.23. The molecule has 7 heavy (non-hydrogen) atoms. The molecule has 34 valence electrons. The van der Waals surface area contributed by atoms with Gasteiger partial charge in [-0.3, -0.25) is 0 Å². The summed E-state index contributed by atoms with van der Waals surface area (Å²) in [6.45, 7) is 3.70. The van der Waals surface area contributed by atoms with E-state index in [1.54, 1.807) is 11.3 Å².